The van der Waals surface area contributed by atoms with E-state index in [2.05, 4.69) is 5.32 Å². The molecule has 0 saturated heterocycles. The Hall–Kier alpha value is -1.67. The molecule has 0 aromatic heterocycles. The molecule has 27 heavy (non-hydrogen) atoms. The topological polar surface area (TPSA) is 73.6 Å². The van der Waals surface area contributed by atoms with Crippen molar-refractivity contribution < 1.29 is 27.4 Å². The van der Waals surface area contributed by atoms with E-state index in [4.69, 9.17) is 15.2 Å². The molecule has 1 fully saturated rings. The molecular weight excluding hydrogens is 385 g/mol. The SMILES string of the molecule is COc1cc(CCC(=O)NC2CCC(N)CC2)ccc1OCC(F)(F)F.Cl. The van der Waals surface area contributed by atoms with E-state index in [1.54, 1.807) is 12.1 Å². The zero-order chi connectivity index (χ0) is 19.2. The molecule has 0 bridgehead atoms. The Morgan fingerprint density at radius 3 is 2.48 bits per heavy atom. The van der Waals surface area contributed by atoms with Crippen LogP contribution in [0.5, 0.6) is 11.5 Å². The quantitative estimate of drug-likeness (QED) is 0.722. The van der Waals surface area contributed by atoms with Crippen molar-refractivity contribution in [1.82, 2.24) is 5.32 Å². The van der Waals surface area contributed by atoms with E-state index in [0.717, 1.165) is 31.2 Å². The van der Waals surface area contributed by atoms with Crippen LogP contribution in [0.4, 0.5) is 13.2 Å². The number of methoxy groups -OCH3 is 1. The Kier molecular flexibility index (Phi) is 9.18. The molecule has 154 valence electrons. The highest BCUT2D eigenvalue weighted by atomic mass is 35.5. The molecule has 1 aromatic carbocycles. The fourth-order valence-corrected chi connectivity index (χ4v) is 2.97. The van der Waals surface area contributed by atoms with Gasteiger partial charge in [-0.2, -0.15) is 13.2 Å². The van der Waals surface area contributed by atoms with Crippen molar-refractivity contribution in [2.45, 2.75) is 56.8 Å². The number of alkyl halides is 3. The van der Waals surface area contributed by atoms with Gasteiger partial charge in [-0.3, -0.25) is 4.79 Å². The van der Waals surface area contributed by atoms with E-state index in [0.29, 0.717) is 12.8 Å². The third-order valence-electron chi connectivity index (χ3n) is 4.40. The van der Waals surface area contributed by atoms with Gasteiger partial charge in [-0.15, -0.1) is 12.4 Å². The van der Waals surface area contributed by atoms with Crippen LogP contribution in [0.1, 0.15) is 37.7 Å². The van der Waals surface area contributed by atoms with E-state index in [9.17, 15) is 18.0 Å². The van der Waals surface area contributed by atoms with Crippen LogP contribution >= 0.6 is 12.4 Å². The lowest BCUT2D eigenvalue weighted by Crippen LogP contribution is -2.40. The standard InChI is InChI=1S/C18H25F3N2O3.ClH/c1-25-16-10-12(2-8-15(16)26-11-18(19,20)21)3-9-17(24)23-14-6-4-13(22)5-7-14;/h2,8,10,13-14H,3-7,9,11,22H2,1H3,(H,23,24);1H. The minimum atomic E-state index is -4.41. The number of amides is 1. The second-order valence-electron chi connectivity index (χ2n) is 6.57. The molecule has 1 aliphatic carbocycles. The Balaban J connectivity index is 0.00000364. The van der Waals surface area contributed by atoms with Crippen LogP contribution in [0, 0.1) is 0 Å². The third kappa shape index (κ3) is 8.26. The van der Waals surface area contributed by atoms with Crippen molar-refractivity contribution in [3.8, 4) is 11.5 Å². The van der Waals surface area contributed by atoms with E-state index in [1.807, 2.05) is 0 Å². The minimum absolute atomic E-state index is 0. The van der Waals surface area contributed by atoms with Crippen LogP contribution in [0.25, 0.3) is 0 Å². The van der Waals surface area contributed by atoms with Crippen molar-refractivity contribution in [1.29, 1.82) is 0 Å². The zero-order valence-corrected chi connectivity index (χ0v) is 16.0. The summed E-state index contributed by atoms with van der Waals surface area (Å²) in [7, 11) is 1.36. The molecule has 0 aliphatic heterocycles. The number of carbonyl (C=O) groups is 1. The number of aryl methyl sites for hydroxylation is 1. The largest absolute Gasteiger partial charge is 0.493 e. The first-order valence-corrected chi connectivity index (χ1v) is 8.68. The van der Waals surface area contributed by atoms with Gasteiger partial charge in [-0.1, -0.05) is 6.07 Å². The molecule has 0 atom stereocenters. The van der Waals surface area contributed by atoms with E-state index in [1.165, 1.54) is 13.2 Å². The first-order valence-electron chi connectivity index (χ1n) is 8.68. The van der Waals surface area contributed by atoms with Crippen LogP contribution in [0.3, 0.4) is 0 Å². The Bertz CT molecular complexity index is 606. The van der Waals surface area contributed by atoms with Crippen molar-refractivity contribution in [2.24, 2.45) is 5.73 Å². The highest BCUT2D eigenvalue weighted by molar-refractivity contribution is 5.85. The summed E-state index contributed by atoms with van der Waals surface area (Å²) < 4.78 is 46.6. The van der Waals surface area contributed by atoms with Gasteiger partial charge >= 0.3 is 6.18 Å². The molecule has 1 amide bonds. The highest BCUT2D eigenvalue weighted by Crippen LogP contribution is 2.30. The van der Waals surface area contributed by atoms with Gasteiger partial charge in [0.25, 0.3) is 0 Å². The summed E-state index contributed by atoms with van der Waals surface area (Å²) in [6.07, 6.45) is -0.0196. The summed E-state index contributed by atoms with van der Waals surface area (Å²) in [6, 6.07) is 5.07. The number of hydrogen-bond acceptors (Lipinski definition) is 4. The summed E-state index contributed by atoms with van der Waals surface area (Å²) in [5, 5.41) is 3.01. The smallest absolute Gasteiger partial charge is 0.422 e. The van der Waals surface area contributed by atoms with Crippen LogP contribution in [-0.2, 0) is 11.2 Å². The van der Waals surface area contributed by atoms with Crippen molar-refractivity contribution in [3.63, 3.8) is 0 Å². The maximum Gasteiger partial charge on any atom is 0.422 e. The van der Waals surface area contributed by atoms with Gasteiger partial charge < -0.3 is 20.5 Å². The molecule has 0 unspecified atom stereocenters. The Morgan fingerprint density at radius 2 is 1.89 bits per heavy atom. The maximum atomic E-state index is 12.3. The fraction of sp³-hybridized carbons (Fsp3) is 0.611. The Morgan fingerprint density at radius 1 is 1.22 bits per heavy atom. The molecule has 1 aliphatic rings. The summed E-state index contributed by atoms with van der Waals surface area (Å²) >= 11 is 0. The molecule has 0 heterocycles. The number of halogens is 4. The van der Waals surface area contributed by atoms with Crippen molar-refractivity contribution >= 4 is 18.3 Å². The highest BCUT2D eigenvalue weighted by Gasteiger charge is 2.29. The molecule has 5 nitrogen and oxygen atoms in total. The van der Waals surface area contributed by atoms with Crippen LogP contribution in [0.2, 0.25) is 0 Å². The molecule has 0 radical (unpaired) electrons. The molecule has 1 aromatic rings. The summed E-state index contributed by atoms with van der Waals surface area (Å²) in [5.74, 6) is 0.201. The van der Waals surface area contributed by atoms with Gasteiger partial charge in [0.1, 0.15) is 0 Å². The normalized spacial score (nSPS) is 19.7. The molecule has 2 rings (SSSR count). The van der Waals surface area contributed by atoms with Gasteiger partial charge in [0.15, 0.2) is 18.1 Å². The molecule has 0 spiro atoms. The number of ether oxygens (including phenoxy) is 2. The zero-order valence-electron chi connectivity index (χ0n) is 15.2. The predicted octanol–water partition coefficient (Wildman–Crippen LogP) is 3.38. The maximum absolute atomic E-state index is 12.3. The van der Waals surface area contributed by atoms with Crippen LogP contribution in [-0.4, -0.2) is 37.9 Å². The Labute approximate surface area is 163 Å². The van der Waals surface area contributed by atoms with Crippen LogP contribution in [0.15, 0.2) is 18.2 Å². The molecular formula is C18H26ClF3N2O3. The number of nitrogens with one attached hydrogen (secondary N) is 1. The number of nitrogens with two attached hydrogens (primary N) is 1. The summed E-state index contributed by atoms with van der Waals surface area (Å²) in [4.78, 5) is 12.1. The minimum Gasteiger partial charge on any atom is -0.493 e. The average Bonchev–Trinajstić information content (AvgIpc) is 2.59. The van der Waals surface area contributed by atoms with Gasteiger partial charge in [-0.05, 0) is 49.8 Å². The van der Waals surface area contributed by atoms with Crippen molar-refractivity contribution in [2.75, 3.05) is 13.7 Å². The lowest BCUT2D eigenvalue weighted by Gasteiger charge is -2.26. The van der Waals surface area contributed by atoms with Gasteiger partial charge in [-0.25, -0.2) is 0 Å². The van der Waals surface area contributed by atoms with Crippen LogP contribution < -0.4 is 20.5 Å². The second-order valence-corrected chi connectivity index (χ2v) is 6.57. The van der Waals surface area contributed by atoms with Gasteiger partial charge in [0.05, 0.1) is 7.11 Å². The van der Waals surface area contributed by atoms with Gasteiger partial charge in [0, 0.05) is 18.5 Å². The van der Waals surface area contributed by atoms with E-state index < -0.39 is 12.8 Å². The predicted molar refractivity (Wildman–Crippen MR) is 98.5 cm³/mol. The molecule has 3 N–H and O–H groups in total. The summed E-state index contributed by atoms with van der Waals surface area (Å²) in [5.41, 5.74) is 6.64. The van der Waals surface area contributed by atoms with E-state index >= 15 is 0 Å². The van der Waals surface area contributed by atoms with E-state index in [-0.39, 0.29) is 41.9 Å². The van der Waals surface area contributed by atoms with Crippen molar-refractivity contribution in [3.05, 3.63) is 23.8 Å². The third-order valence-corrected chi connectivity index (χ3v) is 4.40. The first-order chi connectivity index (χ1) is 12.3. The first kappa shape index (κ1) is 23.4. The fourth-order valence-electron chi connectivity index (χ4n) is 2.97. The lowest BCUT2D eigenvalue weighted by molar-refractivity contribution is -0.153. The summed E-state index contributed by atoms with van der Waals surface area (Å²) in [6.45, 7) is -1.38. The average molecular weight is 411 g/mol. The lowest BCUT2D eigenvalue weighted by atomic mass is 9.91. The monoisotopic (exact) mass is 410 g/mol. The number of benzene rings is 1. The number of carbonyl (C=O) groups excluding carboxylic acids is 1. The molecule has 1 saturated carbocycles. The van der Waals surface area contributed by atoms with Gasteiger partial charge in [0.2, 0.25) is 5.91 Å². The number of hydrogen-bond donors (Lipinski definition) is 2. The molecule has 9 heteroatoms. The number of rotatable bonds is 7. The second kappa shape index (κ2) is 10.6.